The summed E-state index contributed by atoms with van der Waals surface area (Å²) in [5, 5.41) is 0. The molecule has 0 fully saturated rings. The van der Waals surface area contributed by atoms with Crippen LogP contribution in [-0.4, -0.2) is 11.9 Å². The van der Waals surface area contributed by atoms with Crippen LogP contribution >= 0.6 is 66.3 Å². The van der Waals surface area contributed by atoms with Crippen molar-refractivity contribution in [1.82, 2.24) is 0 Å². The molecule has 0 aliphatic carbocycles. The molecule has 0 radical (unpaired) electrons. The first-order valence-electron chi connectivity index (χ1n) is 1.47. The van der Waals surface area contributed by atoms with Crippen molar-refractivity contribution >= 4 is 72.0 Å². The fourth-order valence-corrected chi connectivity index (χ4v) is 0. The molecule has 0 saturated carbocycles. The molecule has 0 aliphatic heterocycles. The van der Waals surface area contributed by atoms with Crippen LogP contribution in [0.5, 0.6) is 0 Å². The molecule has 0 amide bonds. The lowest BCUT2D eigenvalue weighted by Gasteiger charge is -1.71. The van der Waals surface area contributed by atoms with Crippen molar-refractivity contribution in [2.45, 2.75) is 6.92 Å². The number of hydrogen-bond acceptors (Lipinski definition) is 1. The second-order valence-electron chi connectivity index (χ2n) is 0.906. The molecular weight excluding hydrogens is 251 g/mol. The zero-order valence-electron chi connectivity index (χ0n) is 5.83. The Morgan fingerprint density at radius 2 is 1.30 bits per heavy atom. The summed E-state index contributed by atoms with van der Waals surface area (Å²) < 4.78 is 0. The zero-order chi connectivity index (χ0) is 4.28. The van der Waals surface area contributed by atoms with Crippen LogP contribution < -0.4 is 0 Å². The van der Waals surface area contributed by atoms with Crippen molar-refractivity contribution in [2.75, 3.05) is 6.16 Å². The third kappa shape index (κ3) is 52.2. The summed E-state index contributed by atoms with van der Waals surface area (Å²) in [7, 11) is 2.34. The first-order chi connectivity index (χ1) is 2.27. The van der Waals surface area contributed by atoms with Gasteiger partial charge in [0.1, 0.15) is 5.78 Å². The van der Waals surface area contributed by atoms with Crippen molar-refractivity contribution in [3.05, 3.63) is 0 Å². The fraction of sp³-hybridized carbons (Fsp3) is 0.667. The average molecular weight is 267 g/mol. The lowest BCUT2D eigenvalue weighted by atomic mass is 10.5. The molecule has 7 heteroatoms. The lowest BCUT2D eigenvalue weighted by Crippen LogP contribution is -1.85. The molecule has 0 rings (SSSR count). The summed E-state index contributed by atoms with van der Waals surface area (Å²) in [5.41, 5.74) is 0. The molecule has 0 spiro atoms. The van der Waals surface area contributed by atoms with E-state index in [0.29, 0.717) is 6.16 Å². The molecule has 0 aromatic heterocycles. The number of carbonyl (C=O) groups excluding carboxylic acids is 1. The maximum absolute atomic E-state index is 9.79. The third-order valence-corrected chi connectivity index (χ3v) is 0.862. The second kappa shape index (κ2) is 30.8. The molecular formula is C3H16Cl3OP3. The van der Waals surface area contributed by atoms with Gasteiger partial charge in [0, 0.05) is 6.16 Å². The molecule has 0 saturated heterocycles. The number of ketones is 1. The predicted octanol–water partition coefficient (Wildman–Crippen LogP) is 1.83. The van der Waals surface area contributed by atoms with Crippen LogP contribution in [-0.2, 0) is 4.79 Å². The Bertz CT molecular complexity index is 54.3. The summed E-state index contributed by atoms with van der Waals surface area (Å²) in [4.78, 5) is 9.79. The highest BCUT2D eigenvalue weighted by Gasteiger charge is 1.77. The maximum Gasteiger partial charge on any atom is 0.133 e. The van der Waals surface area contributed by atoms with Crippen molar-refractivity contribution in [3.63, 3.8) is 0 Å². The van der Waals surface area contributed by atoms with Crippen LogP contribution in [0.25, 0.3) is 0 Å². The first-order valence-corrected chi connectivity index (χ1v) is 2.28. The lowest BCUT2D eigenvalue weighted by molar-refractivity contribution is -0.114. The molecule has 0 aliphatic rings. The van der Waals surface area contributed by atoms with Gasteiger partial charge in [0.25, 0.3) is 0 Å². The summed E-state index contributed by atoms with van der Waals surface area (Å²) in [5.74, 6) is 0.218. The van der Waals surface area contributed by atoms with Crippen LogP contribution in [0.4, 0.5) is 0 Å². The Morgan fingerprint density at radius 1 is 1.20 bits per heavy atom. The molecule has 0 N–H and O–H groups in total. The largest absolute Gasteiger partial charge is 0.300 e. The van der Waals surface area contributed by atoms with E-state index < -0.39 is 0 Å². The number of hydrogen-bond donors (Lipinski definition) is 0. The number of rotatable bonds is 1. The topological polar surface area (TPSA) is 17.1 Å². The van der Waals surface area contributed by atoms with E-state index in [1.54, 1.807) is 6.92 Å². The fourth-order valence-electron chi connectivity index (χ4n) is 0. The molecule has 0 heterocycles. The van der Waals surface area contributed by atoms with E-state index in [0.717, 1.165) is 0 Å². The van der Waals surface area contributed by atoms with Gasteiger partial charge in [-0.15, -0.1) is 46.5 Å². The minimum absolute atomic E-state index is 0. The molecule has 0 bridgehead atoms. The van der Waals surface area contributed by atoms with E-state index in [4.69, 9.17) is 0 Å². The van der Waals surface area contributed by atoms with Crippen molar-refractivity contribution in [1.29, 1.82) is 0 Å². The average Bonchev–Trinajstić information content (AvgIpc) is 1.38. The summed E-state index contributed by atoms with van der Waals surface area (Å²) in [6.45, 7) is 1.56. The van der Waals surface area contributed by atoms with Crippen LogP contribution in [0.2, 0.25) is 0 Å². The highest BCUT2D eigenvalue weighted by molar-refractivity contribution is 7.18. The highest BCUT2D eigenvalue weighted by atomic mass is 35.5. The molecule has 70 valence electrons. The van der Waals surface area contributed by atoms with Gasteiger partial charge in [-0.1, -0.05) is 0 Å². The normalized spacial score (nSPS) is 3.80. The minimum Gasteiger partial charge on any atom is -0.300 e. The van der Waals surface area contributed by atoms with Crippen LogP contribution in [0.3, 0.4) is 0 Å². The molecule has 10 heavy (non-hydrogen) atoms. The summed E-state index contributed by atoms with van der Waals surface area (Å²) >= 11 is 0. The highest BCUT2D eigenvalue weighted by Crippen LogP contribution is 1.77. The van der Waals surface area contributed by atoms with Gasteiger partial charge in [-0.2, -0.15) is 19.8 Å². The van der Waals surface area contributed by atoms with Crippen LogP contribution in [0.15, 0.2) is 0 Å². The SMILES string of the molecule is CC(=O)CP.Cl.Cl.Cl.P.P. The molecule has 0 aromatic carbocycles. The quantitative estimate of drug-likeness (QED) is 0.663. The van der Waals surface area contributed by atoms with E-state index in [9.17, 15) is 4.79 Å². The van der Waals surface area contributed by atoms with Gasteiger partial charge in [0.2, 0.25) is 0 Å². The summed E-state index contributed by atoms with van der Waals surface area (Å²) in [6.07, 6.45) is 0.583. The molecule has 3 atom stereocenters. The van der Waals surface area contributed by atoms with Crippen LogP contribution in [0.1, 0.15) is 6.92 Å². The second-order valence-corrected chi connectivity index (χ2v) is 1.31. The van der Waals surface area contributed by atoms with Gasteiger partial charge >= 0.3 is 0 Å². The van der Waals surface area contributed by atoms with E-state index in [2.05, 4.69) is 9.24 Å². The van der Waals surface area contributed by atoms with Crippen molar-refractivity contribution in [3.8, 4) is 0 Å². The van der Waals surface area contributed by atoms with Gasteiger partial charge in [-0.3, -0.25) is 4.79 Å². The Hall–Kier alpha value is 1.83. The number of carbonyl (C=O) groups is 1. The van der Waals surface area contributed by atoms with E-state index in [-0.39, 0.29) is 62.8 Å². The first kappa shape index (κ1) is 40.8. The van der Waals surface area contributed by atoms with Gasteiger partial charge in [-0.05, 0) is 6.92 Å². The minimum atomic E-state index is 0. The van der Waals surface area contributed by atoms with Gasteiger partial charge in [0.05, 0.1) is 0 Å². The third-order valence-electron chi connectivity index (χ3n) is 0.287. The smallest absolute Gasteiger partial charge is 0.133 e. The molecule has 0 aromatic rings. The van der Waals surface area contributed by atoms with Gasteiger partial charge in [0.15, 0.2) is 0 Å². The number of Topliss-reactive ketones (excluding diaryl/α,β-unsaturated/α-hetero) is 1. The van der Waals surface area contributed by atoms with Crippen LogP contribution in [0, 0.1) is 0 Å². The van der Waals surface area contributed by atoms with E-state index in [1.165, 1.54) is 0 Å². The zero-order valence-corrected chi connectivity index (χ0v) is 12.3. The molecule has 1 nitrogen and oxygen atoms in total. The van der Waals surface area contributed by atoms with Crippen molar-refractivity contribution in [2.24, 2.45) is 0 Å². The standard InChI is InChI=1S/C3H7OP.3ClH.2H3P/c1-3(4)2-5;;;;;/h2,5H2,1H3;3*1H;2*1H3. The van der Waals surface area contributed by atoms with Gasteiger partial charge in [-0.25, -0.2) is 0 Å². The summed E-state index contributed by atoms with van der Waals surface area (Å²) in [6, 6.07) is 0. The Balaban J connectivity index is -0.00000000800. The monoisotopic (exact) mass is 266 g/mol. The Kier molecular flexibility index (Phi) is 126. The molecule has 3 unspecified atom stereocenters. The maximum atomic E-state index is 9.79. The Labute approximate surface area is 89.9 Å². The van der Waals surface area contributed by atoms with E-state index >= 15 is 0 Å². The Morgan fingerprint density at radius 3 is 1.30 bits per heavy atom. The van der Waals surface area contributed by atoms with E-state index in [1.807, 2.05) is 0 Å². The predicted molar refractivity (Wildman–Crippen MR) is 69.2 cm³/mol. The number of halogens is 3. The van der Waals surface area contributed by atoms with Crippen molar-refractivity contribution < 1.29 is 4.79 Å². The van der Waals surface area contributed by atoms with Gasteiger partial charge < -0.3 is 0 Å².